The van der Waals surface area contributed by atoms with Gasteiger partial charge in [0.15, 0.2) is 0 Å². The minimum absolute atomic E-state index is 0.290. The predicted octanol–water partition coefficient (Wildman–Crippen LogP) is 3.77. The van der Waals surface area contributed by atoms with E-state index in [4.69, 9.17) is 4.74 Å². The number of hydrogen-bond donors (Lipinski definition) is 1. The van der Waals surface area contributed by atoms with Crippen molar-refractivity contribution in [3.63, 3.8) is 0 Å². The molecule has 3 atom stereocenters. The van der Waals surface area contributed by atoms with Crippen molar-refractivity contribution in [3.05, 3.63) is 0 Å². The van der Waals surface area contributed by atoms with Crippen LogP contribution < -0.4 is 0 Å². The van der Waals surface area contributed by atoms with Crippen molar-refractivity contribution in [2.24, 2.45) is 11.3 Å². The molecule has 3 unspecified atom stereocenters. The highest BCUT2D eigenvalue weighted by molar-refractivity contribution is 4.86. The summed E-state index contributed by atoms with van der Waals surface area (Å²) in [7, 11) is 0. The van der Waals surface area contributed by atoms with E-state index in [2.05, 4.69) is 20.8 Å². The monoisotopic (exact) mass is 242 g/mol. The van der Waals surface area contributed by atoms with Gasteiger partial charge in [0.05, 0.1) is 18.8 Å². The highest BCUT2D eigenvalue weighted by Crippen LogP contribution is 2.41. The summed E-state index contributed by atoms with van der Waals surface area (Å²) in [5.41, 5.74) is 0.363. The quantitative estimate of drug-likeness (QED) is 0.768. The van der Waals surface area contributed by atoms with Crippen LogP contribution in [0.2, 0.25) is 0 Å². The standard InChI is InChI=1S/C15H30O2/c1-5-12(16)11-17-14-10-8-7-9-13(14)15(3,4)6-2/h12-14,16H,5-11H2,1-4H3. The van der Waals surface area contributed by atoms with Crippen LogP contribution in [0.5, 0.6) is 0 Å². The summed E-state index contributed by atoms with van der Waals surface area (Å²) in [5.74, 6) is 0.658. The van der Waals surface area contributed by atoms with Crippen molar-refractivity contribution in [3.8, 4) is 0 Å². The maximum atomic E-state index is 9.61. The molecule has 2 nitrogen and oxygen atoms in total. The summed E-state index contributed by atoms with van der Waals surface area (Å²) >= 11 is 0. The van der Waals surface area contributed by atoms with E-state index in [1.165, 1.54) is 32.1 Å². The number of rotatable bonds is 6. The summed E-state index contributed by atoms with van der Waals surface area (Å²) in [4.78, 5) is 0. The summed E-state index contributed by atoms with van der Waals surface area (Å²) < 4.78 is 5.99. The number of aliphatic hydroxyl groups excluding tert-OH is 1. The maximum absolute atomic E-state index is 9.61. The van der Waals surface area contributed by atoms with Crippen molar-refractivity contribution in [1.29, 1.82) is 0 Å². The zero-order valence-electron chi connectivity index (χ0n) is 12.0. The molecule has 0 radical (unpaired) electrons. The van der Waals surface area contributed by atoms with E-state index in [0.717, 1.165) is 6.42 Å². The topological polar surface area (TPSA) is 29.5 Å². The van der Waals surface area contributed by atoms with E-state index < -0.39 is 0 Å². The maximum Gasteiger partial charge on any atom is 0.0771 e. The summed E-state index contributed by atoms with van der Waals surface area (Å²) in [6, 6.07) is 0. The second kappa shape index (κ2) is 6.75. The van der Waals surface area contributed by atoms with Gasteiger partial charge in [-0.25, -0.2) is 0 Å². The number of hydrogen-bond acceptors (Lipinski definition) is 2. The average Bonchev–Trinajstić information content (AvgIpc) is 2.36. The molecule has 1 aliphatic rings. The van der Waals surface area contributed by atoms with Gasteiger partial charge in [0.1, 0.15) is 0 Å². The van der Waals surface area contributed by atoms with Gasteiger partial charge >= 0.3 is 0 Å². The van der Waals surface area contributed by atoms with Crippen molar-refractivity contribution >= 4 is 0 Å². The van der Waals surface area contributed by atoms with Gasteiger partial charge in [-0.05, 0) is 30.6 Å². The van der Waals surface area contributed by atoms with Gasteiger partial charge in [0.2, 0.25) is 0 Å². The second-order valence-corrected chi connectivity index (χ2v) is 6.17. The normalized spacial score (nSPS) is 28.1. The van der Waals surface area contributed by atoms with Crippen LogP contribution in [0.25, 0.3) is 0 Å². The Labute approximate surface area is 107 Å². The molecule has 2 heteroatoms. The number of aliphatic hydroxyl groups is 1. The van der Waals surface area contributed by atoms with Gasteiger partial charge in [0.25, 0.3) is 0 Å². The molecular formula is C15H30O2. The SMILES string of the molecule is CCC(O)COC1CCCCC1C(C)(C)CC. The van der Waals surface area contributed by atoms with Crippen LogP contribution in [0.15, 0.2) is 0 Å². The molecular weight excluding hydrogens is 212 g/mol. The Hall–Kier alpha value is -0.0800. The molecule has 0 bridgehead atoms. The first-order valence-electron chi connectivity index (χ1n) is 7.31. The molecule has 1 fully saturated rings. The Morgan fingerprint density at radius 1 is 1.24 bits per heavy atom. The lowest BCUT2D eigenvalue weighted by Crippen LogP contribution is -2.39. The van der Waals surface area contributed by atoms with E-state index in [0.29, 0.717) is 24.0 Å². The summed E-state index contributed by atoms with van der Waals surface area (Å²) in [5, 5.41) is 9.61. The van der Waals surface area contributed by atoms with Crippen molar-refractivity contribution < 1.29 is 9.84 Å². The van der Waals surface area contributed by atoms with Gasteiger partial charge in [-0.3, -0.25) is 0 Å². The molecule has 0 aromatic carbocycles. The molecule has 0 saturated heterocycles. The first-order chi connectivity index (χ1) is 8.01. The Kier molecular flexibility index (Phi) is 5.94. The molecule has 0 amide bonds. The molecule has 1 N–H and O–H groups in total. The van der Waals surface area contributed by atoms with Crippen LogP contribution >= 0.6 is 0 Å². The van der Waals surface area contributed by atoms with Crippen molar-refractivity contribution in [2.75, 3.05) is 6.61 Å². The Bertz CT molecular complexity index is 213. The molecule has 1 rings (SSSR count). The molecule has 102 valence electrons. The first kappa shape index (κ1) is 15.0. The third-order valence-electron chi connectivity index (χ3n) is 4.59. The van der Waals surface area contributed by atoms with E-state index in [9.17, 15) is 5.11 Å². The fourth-order valence-corrected chi connectivity index (χ4v) is 2.81. The van der Waals surface area contributed by atoms with Gasteiger partial charge in [-0.15, -0.1) is 0 Å². The molecule has 0 aliphatic heterocycles. The van der Waals surface area contributed by atoms with Crippen LogP contribution in [0.3, 0.4) is 0 Å². The predicted molar refractivity (Wildman–Crippen MR) is 72.1 cm³/mol. The Morgan fingerprint density at radius 3 is 2.47 bits per heavy atom. The molecule has 1 saturated carbocycles. The lowest BCUT2D eigenvalue weighted by atomic mass is 9.68. The first-order valence-corrected chi connectivity index (χ1v) is 7.31. The van der Waals surface area contributed by atoms with Crippen molar-refractivity contribution in [1.82, 2.24) is 0 Å². The minimum atomic E-state index is -0.290. The third-order valence-corrected chi connectivity index (χ3v) is 4.59. The van der Waals surface area contributed by atoms with Crippen LogP contribution in [-0.2, 0) is 4.74 Å². The van der Waals surface area contributed by atoms with Crippen LogP contribution in [0.4, 0.5) is 0 Å². The highest BCUT2D eigenvalue weighted by Gasteiger charge is 2.36. The number of ether oxygens (including phenoxy) is 1. The van der Waals surface area contributed by atoms with E-state index in [1.807, 2.05) is 6.92 Å². The van der Waals surface area contributed by atoms with Gasteiger partial charge < -0.3 is 9.84 Å². The van der Waals surface area contributed by atoms with Crippen LogP contribution in [-0.4, -0.2) is 23.9 Å². The zero-order chi connectivity index (χ0) is 12.9. The lowest BCUT2D eigenvalue weighted by Gasteiger charge is -2.42. The largest absolute Gasteiger partial charge is 0.391 e. The molecule has 0 spiro atoms. The molecule has 0 heterocycles. The summed E-state index contributed by atoms with van der Waals surface area (Å²) in [6.07, 6.45) is 7.14. The smallest absolute Gasteiger partial charge is 0.0771 e. The van der Waals surface area contributed by atoms with Crippen LogP contribution in [0, 0.1) is 11.3 Å². The minimum Gasteiger partial charge on any atom is -0.391 e. The zero-order valence-corrected chi connectivity index (χ0v) is 12.0. The molecule has 0 aromatic rings. The Morgan fingerprint density at radius 2 is 1.88 bits per heavy atom. The van der Waals surface area contributed by atoms with Gasteiger partial charge in [-0.1, -0.05) is 47.0 Å². The highest BCUT2D eigenvalue weighted by atomic mass is 16.5. The molecule has 1 aliphatic carbocycles. The van der Waals surface area contributed by atoms with E-state index in [-0.39, 0.29) is 6.10 Å². The second-order valence-electron chi connectivity index (χ2n) is 6.17. The fourth-order valence-electron chi connectivity index (χ4n) is 2.81. The molecule has 17 heavy (non-hydrogen) atoms. The lowest BCUT2D eigenvalue weighted by molar-refractivity contribution is -0.0797. The third kappa shape index (κ3) is 4.26. The molecule has 0 aromatic heterocycles. The Balaban J connectivity index is 2.54. The summed E-state index contributed by atoms with van der Waals surface area (Å²) in [6.45, 7) is 9.50. The van der Waals surface area contributed by atoms with Crippen molar-refractivity contribution in [2.45, 2.75) is 78.4 Å². The van der Waals surface area contributed by atoms with E-state index >= 15 is 0 Å². The van der Waals surface area contributed by atoms with Gasteiger partial charge in [-0.2, -0.15) is 0 Å². The van der Waals surface area contributed by atoms with E-state index in [1.54, 1.807) is 0 Å². The van der Waals surface area contributed by atoms with Crippen LogP contribution in [0.1, 0.15) is 66.2 Å². The van der Waals surface area contributed by atoms with Gasteiger partial charge in [0, 0.05) is 0 Å². The fraction of sp³-hybridized carbons (Fsp3) is 1.00. The average molecular weight is 242 g/mol.